The Balaban J connectivity index is 1.78. The molecule has 0 atom stereocenters. The third-order valence-corrected chi connectivity index (χ3v) is 5.67. The molecule has 2 amide bonds. The lowest BCUT2D eigenvalue weighted by atomic mass is 10.0. The van der Waals surface area contributed by atoms with Gasteiger partial charge in [-0.2, -0.15) is 0 Å². The number of nitrogens with zero attached hydrogens (tertiary/aromatic N) is 3. The second-order valence-corrected chi connectivity index (χ2v) is 7.27. The van der Waals surface area contributed by atoms with Gasteiger partial charge in [0.05, 0.1) is 18.4 Å². The van der Waals surface area contributed by atoms with Gasteiger partial charge in [0.2, 0.25) is 0 Å². The Kier molecular flexibility index (Phi) is 5.55. The SMILES string of the molecule is CCN1CCN(C2=C(c3ccc(OC)cc3)C(=O)N(c3ccccc3F)C2=O)CC1. The fourth-order valence-electron chi connectivity index (χ4n) is 3.97. The molecule has 6 nitrogen and oxygen atoms in total. The van der Waals surface area contributed by atoms with E-state index in [4.69, 9.17) is 4.74 Å². The van der Waals surface area contributed by atoms with Gasteiger partial charge in [0.1, 0.15) is 17.3 Å². The summed E-state index contributed by atoms with van der Waals surface area (Å²) in [7, 11) is 1.57. The highest BCUT2D eigenvalue weighted by Crippen LogP contribution is 2.36. The fourth-order valence-corrected chi connectivity index (χ4v) is 3.97. The Bertz CT molecular complexity index is 995. The van der Waals surface area contributed by atoms with E-state index in [9.17, 15) is 14.0 Å². The first-order valence-electron chi connectivity index (χ1n) is 10.0. The molecule has 2 aliphatic rings. The van der Waals surface area contributed by atoms with E-state index in [-0.39, 0.29) is 5.69 Å². The lowest BCUT2D eigenvalue weighted by Gasteiger charge is -2.36. The predicted octanol–water partition coefficient (Wildman–Crippen LogP) is 2.76. The fraction of sp³-hybridized carbons (Fsp3) is 0.304. The largest absolute Gasteiger partial charge is 0.497 e. The average Bonchev–Trinajstić information content (AvgIpc) is 3.04. The van der Waals surface area contributed by atoms with Crippen LogP contribution in [0.1, 0.15) is 12.5 Å². The van der Waals surface area contributed by atoms with Crippen molar-refractivity contribution in [2.45, 2.75) is 6.92 Å². The molecule has 0 saturated carbocycles. The molecule has 0 radical (unpaired) electrons. The van der Waals surface area contributed by atoms with Gasteiger partial charge in [-0.05, 0) is 36.4 Å². The van der Waals surface area contributed by atoms with E-state index in [1.807, 2.05) is 4.90 Å². The zero-order valence-corrected chi connectivity index (χ0v) is 17.1. The van der Waals surface area contributed by atoms with Gasteiger partial charge in [-0.3, -0.25) is 9.59 Å². The summed E-state index contributed by atoms with van der Waals surface area (Å²) in [5, 5.41) is 0. The van der Waals surface area contributed by atoms with Crippen LogP contribution in [-0.4, -0.2) is 61.4 Å². The molecule has 1 fully saturated rings. The van der Waals surface area contributed by atoms with E-state index in [0.29, 0.717) is 35.7 Å². The predicted molar refractivity (Wildman–Crippen MR) is 112 cm³/mol. The molecule has 2 aliphatic heterocycles. The molecule has 30 heavy (non-hydrogen) atoms. The summed E-state index contributed by atoms with van der Waals surface area (Å²) in [5.74, 6) is -0.949. The van der Waals surface area contributed by atoms with Gasteiger partial charge in [0.25, 0.3) is 11.8 Å². The number of amides is 2. The number of hydrogen-bond acceptors (Lipinski definition) is 5. The number of imide groups is 1. The molecule has 4 rings (SSSR count). The maximum Gasteiger partial charge on any atom is 0.282 e. The molecular weight excluding hydrogens is 385 g/mol. The summed E-state index contributed by atoms with van der Waals surface area (Å²) >= 11 is 0. The van der Waals surface area contributed by atoms with Crippen LogP contribution < -0.4 is 9.64 Å². The molecule has 2 aromatic rings. The molecule has 0 bridgehead atoms. The number of carbonyl (C=O) groups excluding carboxylic acids is 2. The molecule has 2 heterocycles. The normalized spacial score (nSPS) is 17.8. The number of para-hydroxylation sites is 1. The highest BCUT2D eigenvalue weighted by atomic mass is 19.1. The molecule has 2 aromatic carbocycles. The van der Waals surface area contributed by atoms with Crippen LogP contribution in [0.5, 0.6) is 5.75 Å². The van der Waals surface area contributed by atoms with Gasteiger partial charge in [-0.25, -0.2) is 9.29 Å². The third kappa shape index (κ3) is 3.45. The number of benzene rings is 2. The van der Waals surface area contributed by atoms with Gasteiger partial charge in [0.15, 0.2) is 0 Å². The molecule has 0 aromatic heterocycles. The molecule has 0 spiro atoms. The Morgan fingerprint density at radius 2 is 1.60 bits per heavy atom. The van der Waals surface area contributed by atoms with Gasteiger partial charge in [0, 0.05) is 26.2 Å². The summed E-state index contributed by atoms with van der Waals surface area (Å²) in [6.45, 7) is 5.91. The molecule has 0 N–H and O–H groups in total. The van der Waals surface area contributed by atoms with Crippen molar-refractivity contribution in [2.24, 2.45) is 0 Å². The molecule has 7 heteroatoms. The Hall–Kier alpha value is -3.19. The summed E-state index contributed by atoms with van der Waals surface area (Å²) < 4.78 is 19.7. The van der Waals surface area contributed by atoms with Crippen LogP contribution in [0, 0.1) is 5.82 Å². The third-order valence-electron chi connectivity index (χ3n) is 5.67. The Morgan fingerprint density at radius 1 is 0.933 bits per heavy atom. The summed E-state index contributed by atoms with van der Waals surface area (Å²) in [5.41, 5.74) is 1.22. The molecule has 0 aliphatic carbocycles. The van der Waals surface area contributed by atoms with Crippen molar-refractivity contribution in [3.8, 4) is 5.75 Å². The van der Waals surface area contributed by atoms with E-state index < -0.39 is 17.6 Å². The quantitative estimate of drug-likeness (QED) is 0.711. The number of likely N-dealkylation sites (N-methyl/N-ethyl adjacent to an activating group) is 1. The number of piperazine rings is 1. The minimum atomic E-state index is -0.606. The molecular formula is C23H24FN3O3. The van der Waals surface area contributed by atoms with Gasteiger partial charge < -0.3 is 14.5 Å². The van der Waals surface area contributed by atoms with Crippen molar-refractivity contribution >= 4 is 23.1 Å². The van der Waals surface area contributed by atoms with Gasteiger partial charge >= 0.3 is 0 Å². The van der Waals surface area contributed by atoms with Crippen LogP contribution in [0.2, 0.25) is 0 Å². The van der Waals surface area contributed by atoms with E-state index >= 15 is 0 Å². The van der Waals surface area contributed by atoms with Crippen LogP contribution in [0.25, 0.3) is 5.57 Å². The average molecular weight is 409 g/mol. The van der Waals surface area contributed by atoms with Crippen LogP contribution >= 0.6 is 0 Å². The minimum absolute atomic E-state index is 0.0271. The second-order valence-electron chi connectivity index (χ2n) is 7.27. The summed E-state index contributed by atoms with van der Waals surface area (Å²) in [4.78, 5) is 32.0. The van der Waals surface area contributed by atoms with E-state index in [1.54, 1.807) is 37.4 Å². The van der Waals surface area contributed by atoms with Crippen molar-refractivity contribution < 1.29 is 18.7 Å². The van der Waals surface area contributed by atoms with Crippen LogP contribution in [0.15, 0.2) is 54.2 Å². The Labute approximate surface area is 175 Å². The van der Waals surface area contributed by atoms with Gasteiger partial charge in [-0.1, -0.05) is 31.2 Å². The molecule has 1 saturated heterocycles. The monoisotopic (exact) mass is 409 g/mol. The summed E-state index contributed by atoms with van der Waals surface area (Å²) in [6, 6.07) is 12.9. The van der Waals surface area contributed by atoms with Crippen molar-refractivity contribution in [1.82, 2.24) is 9.80 Å². The van der Waals surface area contributed by atoms with Crippen LogP contribution in [0.4, 0.5) is 10.1 Å². The van der Waals surface area contributed by atoms with E-state index in [2.05, 4.69) is 11.8 Å². The van der Waals surface area contributed by atoms with Crippen LogP contribution in [0.3, 0.4) is 0 Å². The molecule has 0 unspecified atom stereocenters. The first kappa shape index (κ1) is 20.1. The van der Waals surface area contributed by atoms with Crippen LogP contribution in [-0.2, 0) is 9.59 Å². The summed E-state index contributed by atoms with van der Waals surface area (Å²) in [6.07, 6.45) is 0. The van der Waals surface area contributed by atoms with Crippen molar-refractivity contribution in [3.05, 3.63) is 65.6 Å². The molecule has 156 valence electrons. The zero-order valence-electron chi connectivity index (χ0n) is 17.1. The highest BCUT2D eigenvalue weighted by molar-refractivity contribution is 6.45. The first-order chi connectivity index (χ1) is 14.5. The smallest absolute Gasteiger partial charge is 0.282 e. The number of halogens is 1. The topological polar surface area (TPSA) is 53.1 Å². The number of ether oxygens (including phenoxy) is 1. The standard InChI is InChI=1S/C23H24FN3O3/c1-3-25-12-14-26(15-13-25)21-20(16-8-10-17(30-2)11-9-16)22(28)27(23(21)29)19-7-5-4-6-18(19)24/h4-11H,3,12-15H2,1-2H3. The number of hydrogen-bond donors (Lipinski definition) is 0. The minimum Gasteiger partial charge on any atom is -0.497 e. The van der Waals surface area contributed by atoms with E-state index in [1.165, 1.54) is 18.2 Å². The van der Waals surface area contributed by atoms with E-state index in [0.717, 1.165) is 24.5 Å². The second kappa shape index (κ2) is 8.28. The maximum atomic E-state index is 14.5. The lowest BCUT2D eigenvalue weighted by Crippen LogP contribution is -2.47. The Morgan fingerprint density at radius 3 is 2.20 bits per heavy atom. The first-order valence-corrected chi connectivity index (χ1v) is 10.0. The number of methoxy groups -OCH3 is 1. The maximum absolute atomic E-state index is 14.5. The number of carbonyl (C=O) groups is 2. The number of rotatable bonds is 5. The highest BCUT2D eigenvalue weighted by Gasteiger charge is 2.43. The van der Waals surface area contributed by atoms with Crippen molar-refractivity contribution in [3.63, 3.8) is 0 Å². The van der Waals surface area contributed by atoms with Crippen molar-refractivity contribution in [1.29, 1.82) is 0 Å². The lowest BCUT2D eigenvalue weighted by molar-refractivity contribution is -0.120. The zero-order chi connectivity index (χ0) is 21.3. The van der Waals surface area contributed by atoms with Gasteiger partial charge in [-0.15, -0.1) is 0 Å². The van der Waals surface area contributed by atoms with Crippen molar-refractivity contribution in [2.75, 3.05) is 44.7 Å². The number of anilines is 1.